The highest BCUT2D eigenvalue weighted by atomic mass is 35.7. The molecule has 2 aromatic rings. The van der Waals surface area contributed by atoms with E-state index in [0.29, 0.717) is 0 Å². The van der Waals surface area contributed by atoms with Crippen LogP contribution in [-0.2, 0) is 28.4 Å². The van der Waals surface area contributed by atoms with Gasteiger partial charge in [0.05, 0.1) is 4.90 Å². The number of hydrogen-bond donors (Lipinski definition) is 0. The van der Waals surface area contributed by atoms with Crippen molar-refractivity contribution in [3.63, 3.8) is 0 Å². The number of nitrogens with zero attached hydrogens (tertiary/aromatic N) is 1. The lowest BCUT2D eigenvalue weighted by atomic mass is 9.95. The molecule has 1 aliphatic rings. The fraction of sp³-hybridized carbons (Fsp3) is 0.429. The van der Waals surface area contributed by atoms with E-state index in [-0.39, 0.29) is 4.90 Å². The van der Waals surface area contributed by atoms with Gasteiger partial charge in [0, 0.05) is 33.8 Å². The Hall–Kier alpha value is -1.00. The SMILES string of the molecule is CCn1c2c(c3cc(S(=O)(=O)Cl)ccc31)CCCC2. The minimum Gasteiger partial charge on any atom is -0.345 e. The van der Waals surface area contributed by atoms with Crippen LogP contribution in [0.4, 0.5) is 0 Å². The van der Waals surface area contributed by atoms with Crippen molar-refractivity contribution in [2.75, 3.05) is 0 Å². The van der Waals surface area contributed by atoms with E-state index >= 15 is 0 Å². The van der Waals surface area contributed by atoms with Gasteiger partial charge >= 0.3 is 0 Å². The largest absolute Gasteiger partial charge is 0.345 e. The van der Waals surface area contributed by atoms with Gasteiger partial charge in [0.15, 0.2) is 0 Å². The molecule has 0 fully saturated rings. The zero-order chi connectivity index (χ0) is 13.6. The van der Waals surface area contributed by atoms with Crippen LogP contribution in [0, 0.1) is 0 Å². The molecule has 1 aromatic heterocycles. The van der Waals surface area contributed by atoms with Gasteiger partial charge in [-0.25, -0.2) is 8.42 Å². The maximum Gasteiger partial charge on any atom is 0.261 e. The summed E-state index contributed by atoms with van der Waals surface area (Å²) in [6, 6.07) is 5.21. The molecule has 0 spiro atoms. The second-order valence-electron chi connectivity index (χ2n) is 4.99. The Labute approximate surface area is 117 Å². The number of aromatic nitrogens is 1. The number of halogens is 1. The molecule has 0 saturated carbocycles. The van der Waals surface area contributed by atoms with Crippen molar-refractivity contribution in [1.82, 2.24) is 4.57 Å². The molecule has 0 bridgehead atoms. The molecule has 102 valence electrons. The van der Waals surface area contributed by atoms with Gasteiger partial charge in [-0.1, -0.05) is 0 Å². The molecule has 19 heavy (non-hydrogen) atoms. The number of aryl methyl sites for hydroxylation is 2. The second kappa shape index (κ2) is 4.53. The predicted molar refractivity (Wildman–Crippen MR) is 77.3 cm³/mol. The minimum atomic E-state index is -3.66. The highest BCUT2D eigenvalue weighted by Gasteiger charge is 2.21. The monoisotopic (exact) mass is 297 g/mol. The third-order valence-electron chi connectivity index (χ3n) is 3.95. The maximum atomic E-state index is 11.5. The van der Waals surface area contributed by atoms with Gasteiger partial charge < -0.3 is 4.57 Å². The van der Waals surface area contributed by atoms with Crippen LogP contribution in [0.3, 0.4) is 0 Å². The van der Waals surface area contributed by atoms with E-state index < -0.39 is 9.05 Å². The molecule has 1 aliphatic carbocycles. The molecule has 3 nitrogen and oxygen atoms in total. The van der Waals surface area contributed by atoms with Crippen LogP contribution in [0.15, 0.2) is 23.1 Å². The van der Waals surface area contributed by atoms with Gasteiger partial charge in [-0.2, -0.15) is 0 Å². The van der Waals surface area contributed by atoms with Crippen molar-refractivity contribution >= 4 is 30.6 Å². The lowest BCUT2D eigenvalue weighted by Gasteiger charge is -2.14. The Morgan fingerprint density at radius 3 is 2.68 bits per heavy atom. The van der Waals surface area contributed by atoms with E-state index in [1.807, 2.05) is 6.07 Å². The summed E-state index contributed by atoms with van der Waals surface area (Å²) in [5.74, 6) is 0. The standard InChI is InChI=1S/C14H16ClNO2S/c1-2-16-13-6-4-3-5-11(13)12-9-10(19(15,17)18)7-8-14(12)16/h7-9H,2-6H2,1H3. The van der Waals surface area contributed by atoms with Crippen molar-refractivity contribution in [2.24, 2.45) is 0 Å². The molecular formula is C14H16ClNO2S. The Balaban J connectivity index is 2.34. The van der Waals surface area contributed by atoms with Crippen LogP contribution in [0.5, 0.6) is 0 Å². The highest BCUT2D eigenvalue weighted by Crippen LogP contribution is 2.34. The van der Waals surface area contributed by atoms with Crippen LogP contribution in [0.1, 0.15) is 31.0 Å². The van der Waals surface area contributed by atoms with Crippen LogP contribution in [0.2, 0.25) is 0 Å². The summed E-state index contributed by atoms with van der Waals surface area (Å²) in [5.41, 5.74) is 3.80. The first kappa shape index (κ1) is 13.0. The van der Waals surface area contributed by atoms with Gasteiger partial charge in [0.1, 0.15) is 0 Å². The van der Waals surface area contributed by atoms with Crippen LogP contribution < -0.4 is 0 Å². The lowest BCUT2D eigenvalue weighted by Crippen LogP contribution is -2.06. The van der Waals surface area contributed by atoms with Gasteiger partial charge in [0.25, 0.3) is 9.05 Å². The Morgan fingerprint density at radius 1 is 1.26 bits per heavy atom. The maximum absolute atomic E-state index is 11.5. The van der Waals surface area contributed by atoms with E-state index in [1.165, 1.54) is 24.1 Å². The van der Waals surface area contributed by atoms with Crippen molar-refractivity contribution in [1.29, 1.82) is 0 Å². The molecule has 1 heterocycles. The summed E-state index contributed by atoms with van der Waals surface area (Å²) in [5, 5.41) is 1.05. The quantitative estimate of drug-likeness (QED) is 0.796. The molecule has 0 radical (unpaired) electrons. The van der Waals surface area contributed by atoms with Gasteiger partial charge in [-0.3, -0.25) is 0 Å². The summed E-state index contributed by atoms with van der Waals surface area (Å²) < 4.78 is 25.3. The average Bonchev–Trinajstić information content (AvgIpc) is 2.70. The van der Waals surface area contributed by atoms with Gasteiger partial charge in [-0.05, 0) is 56.4 Å². The second-order valence-corrected chi connectivity index (χ2v) is 7.56. The molecule has 0 N–H and O–H groups in total. The summed E-state index contributed by atoms with van der Waals surface area (Å²) in [6.07, 6.45) is 4.50. The van der Waals surface area contributed by atoms with Gasteiger partial charge in [-0.15, -0.1) is 0 Å². The van der Waals surface area contributed by atoms with E-state index in [2.05, 4.69) is 11.5 Å². The lowest BCUT2D eigenvalue weighted by molar-refractivity contribution is 0.609. The third kappa shape index (κ3) is 2.07. The van der Waals surface area contributed by atoms with Crippen molar-refractivity contribution in [2.45, 2.75) is 44.0 Å². The Kier molecular flexibility index (Phi) is 3.10. The molecule has 1 aromatic carbocycles. The average molecular weight is 298 g/mol. The number of benzene rings is 1. The summed E-state index contributed by atoms with van der Waals surface area (Å²) in [4.78, 5) is 0.197. The summed E-state index contributed by atoms with van der Waals surface area (Å²) in [6.45, 7) is 3.04. The molecule has 0 saturated heterocycles. The first-order valence-corrected chi connectivity index (χ1v) is 8.92. The zero-order valence-electron chi connectivity index (χ0n) is 10.8. The number of fused-ring (bicyclic) bond motifs is 3. The summed E-state index contributed by atoms with van der Waals surface area (Å²) >= 11 is 0. The molecule has 0 aliphatic heterocycles. The van der Waals surface area contributed by atoms with Gasteiger partial charge in [0.2, 0.25) is 0 Å². The van der Waals surface area contributed by atoms with Crippen molar-refractivity contribution in [3.8, 4) is 0 Å². The molecule has 0 atom stereocenters. The molecular weight excluding hydrogens is 282 g/mol. The minimum absolute atomic E-state index is 0.197. The van der Waals surface area contributed by atoms with Crippen LogP contribution in [0.25, 0.3) is 10.9 Å². The first-order valence-electron chi connectivity index (χ1n) is 6.61. The Morgan fingerprint density at radius 2 is 2.00 bits per heavy atom. The highest BCUT2D eigenvalue weighted by molar-refractivity contribution is 8.13. The molecule has 0 amide bonds. The van der Waals surface area contributed by atoms with E-state index in [1.54, 1.807) is 12.1 Å². The smallest absolute Gasteiger partial charge is 0.261 e. The van der Waals surface area contributed by atoms with Crippen LogP contribution in [-0.4, -0.2) is 13.0 Å². The fourth-order valence-corrected chi connectivity index (χ4v) is 3.91. The molecule has 0 unspecified atom stereocenters. The summed E-state index contributed by atoms with van der Waals surface area (Å²) in [7, 11) is 1.79. The molecule has 3 rings (SSSR count). The zero-order valence-corrected chi connectivity index (χ0v) is 12.4. The number of rotatable bonds is 2. The topological polar surface area (TPSA) is 39.1 Å². The predicted octanol–water partition coefficient (Wildman–Crippen LogP) is 3.47. The van der Waals surface area contributed by atoms with E-state index in [0.717, 1.165) is 30.3 Å². The normalized spacial score (nSPS) is 15.7. The first-order chi connectivity index (χ1) is 9.02. The van der Waals surface area contributed by atoms with Crippen LogP contribution >= 0.6 is 10.7 Å². The van der Waals surface area contributed by atoms with E-state index in [9.17, 15) is 8.42 Å². The Bertz CT molecular complexity index is 746. The van der Waals surface area contributed by atoms with Crippen molar-refractivity contribution < 1.29 is 8.42 Å². The van der Waals surface area contributed by atoms with Crippen molar-refractivity contribution in [3.05, 3.63) is 29.5 Å². The fourth-order valence-electron chi connectivity index (χ4n) is 3.13. The third-order valence-corrected chi connectivity index (χ3v) is 5.30. The molecule has 5 heteroatoms. The number of hydrogen-bond acceptors (Lipinski definition) is 2. The van der Waals surface area contributed by atoms with E-state index in [4.69, 9.17) is 10.7 Å².